The highest BCUT2D eigenvalue weighted by Gasteiger charge is 2.07. The Balaban J connectivity index is 2.08. The number of anilines is 1. The van der Waals surface area contributed by atoms with Gasteiger partial charge in [0.2, 0.25) is 0 Å². The third-order valence-corrected chi connectivity index (χ3v) is 3.36. The van der Waals surface area contributed by atoms with Gasteiger partial charge in [0.1, 0.15) is 0 Å². The second-order valence-electron chi connectivity index (χ2n) is 3.97. The van der Waals surface area contributed by atoms with Crippen molar-refractivity contribution in [3.8, 4) is 0 Å². The number of aliphatic hydroxyl groups excluding tert-OH is 1. The number of aryl methyl sites for hydroxylation is 1. The van der Waals surface area contributed by atoms with Gasteiger partial charge < -0.3 is 10.4 Å². The van der Waals surface area contributed by atoms with E-state index in [1.165, 1.54) is 0 Å². The summed E-state index contributed by atoms with van der Waals surface area (Å²) in [6, 6.07) is 7.79. The molecular formula is C13H16N2OS. The van der Waals surface area contributed by atoms with Crippen LogP contribution in [0.1, 0.15) is 29.3 Å². The lowest BCUT2D eigenvalue weighted by Gasteiger charge is -2.12. The minimum atomic E-state index is -0.462. The van der Waals surface area contributed by atoms with Gasteiger partial charge in [-0.05, 0) is 19.9 Å². The van der Waals surface area contributed by atoms with Crippen molar-refractivity contribution in [1.82, 2.24) is 4.98 Å². The summed E-state index contributed by atoms with van der Waals surface area (Å²) in [5, 5.41) is 16.1. The van der Waals surface area contributed by atoms with E-state index in [4.69, 9.17) is 0 Å². The molecule has 1 unspecified atom stereocenters. The Hall–Kier alpha value is -1.39. The van der Waals surface area contributed by atoms with Crippen LogP contribution in [0.3, 0.4) is 0 Å². The fourth-order valence-corrected chi connectivity index (χ4v) is 2.31. The molecule has 0 bridgehead atoms. The van der Waals surface area contributed by atoms with Crippen molar-refractivity contribution >= 4 is 17.0 Å². The molecule has 2 rings (SSSR count). The Labute approximate surface area is 105 Å². The molecule has 0 aliphatic carbocycles. The van der Waals surface area contributed by atoms with E-state index in [1.807, 2.05) is 36.6 Å². The van der Waals surface area contributed by atoms with E-state index >= 15 is 0 Å². The number of benzene rings is 1. The molecule has 2 aromatic rings. The summed E-state index contributed by atoms with van der Waals surface area (Å²) in [5.74, 6) is 0. The van der Waals surface area contributed by atoms with E-state index in [2.05, 4.69) is 10.3 Å². The van der Waals surface area contributed by atoms with Crippen molar-refractivity contribution in [2.75, 3.05) is 5.32 Å². The zero-order valence-corrected chi connectivity index (χ0v) is 10.8. The molecule has 0 aliphatic rings. The molecule has 0 saturated heterocycles. The van der Waals surface area contributed by atoms with Crippen molar-refractivity contribution in [2.45, 2.75) is 26.5 Å². The minimum Gasteiger partial charge on any atom is -0.389 e. The van der Waals surface area contributed by atoms with Gasteiger partial charge in [-0.15, -0.1) is 11.3 Å². The molecule has 1 heterocycles. The first-order chi connectivity index (χ1) is 8.16. The molecule has 0 radical (unpaired) electrons. The molecule has 1 aromatic carbocycles. The highest BCUT2D eigenvalue weighted by Crippen LogP contribution is 2.22. The van der Waals surface area contributed by atoms with Crippen molar-refractivity contribution < 1.29 is 5.11 Å². The lowest BCUT2D eigenvalue weighted by molar-refractivity contribution is 0.200. The molecule has 0 aliphatic heterocycles. The fourth-order valence-electron chi connectivity index (χ4n) is 1.70. The van der Waals surface area contributed by atoms with E-state index in [1.54, 1.807) is 18.3 Å². The predicted octanol–water partition coefficient (Wildman–Crippen LogP) is 3.12. The van der Waals surface area contributed by atoms with Crippen molar-refractivity contribution in [1.29, 1.82) is 0 Å². The molecular weight excluding hydrogens is 232 g/mol. The molecule has 17 heavy (non-hydrogen) atoms. The summed E-state index contributed by atoms with van der Waals surface area (Å²) in [6.45, 7) is 4.46. The molecule has 0 saturated carbocycles. The lowest BCUT2D eigenvalue weighted by Crippen LogP contribution is -2.04. The average Bonchev–Trinajstić information content (AvgIpc) is 2.73. The zero-order valence-electron chi connectivity index (χ0n) is 9.97. The van der Waals surface area contributed by atoms with Gasteiger partial charge in [0, 0.05) is 16.6 Å². The standard InChI is InChI=1S/C13H16N2OS/c1-9(16)12-5-3-4-6-13(12)14-7-11-8-17-10(2)15-11/h3-6,8-9,14,16H,7H2,1-2H3. The normalized spacial score (nSPS) is 12.4. The number of aromatic nitrogens is 1. The van der Waals surface area contributed by atoms with E-state index in [0.717, 1.165) is 22.0 Å². The van der Waals surface area contributed by atoms with E-state index in [9.17, 15) is 5.11 Å². The van der Waals surface area contributed by atoms with Crippen LogP contribution in [0.5, 0.6) is 0 Å². The van der Waals surface area contributed by atoms with Gasteiger partial charge in [-0.25, -0.2) is 4.98 Å². The monoisotopic (exact) mass is 248 g/mol. The number of para-hydroxylation sites is 1. The molecule has 0 spiro atoms. The first-order valence-corrected chi connectivity index (χ1v) is 6.46. The maximum atomic E-state index is 9.65. The Bertz CT molecular complexity index is 494. The number of rotatable bonds is 4. The fraction of sp³-hybridized carbons (Fsp3) is 0.308. The van der Waals surface area contributed by atoms with Crippen LogP contribution in [0.15, 0.2) is 29.6 Å². The van der Waals surface area contributed by atoms with Crippen molar-refractivity contribution in [2.24, 2.45) is 0 Å². The number of thiazole rings is 1. The number of aliphatic hydroxyl groups is 1. The maximum Gasteiger partial charge on any atom is 0.0898 e. The van der Waals surface area contributed by atoms with Gasteiger partial charge in [-0.1, -0.05) is 18.2 Å². The maximum absolute atomic E-state index is 9.65. The summed E-state index contributed by atoms with van der Waals surface area (Å²) in [7, 11) is 0. The lowest BCUT2D eigenvalue weighted by atomic mass is 10.1. The quantitative estimate of drug-likeness (QED) is 0.873. The molecule has 4 heteroatoms. The van der Waals surface area contributed by atoms with Crippen LogP contribution in [0.2, 0.25) is 0 Å². The largest absolute Gasteiger partial charge is 0.389 e. The van der Waals surface area contributed by atoms with Gasteiger partial charge in [-0.2, -0.15) is 0 Å². The number of nitrogens with one attached hydrogen (secondary N) is 1. The minimum absolute atomic E-state index is 0.462. The molecule has 0 amide bonds. The van der Waals surface area contributed by atoms with Gasteiger partial charge in [-0.3, -0.25) is 0 Å². The van der Waals surface area contributed by atoms with E-state index in [-0.39, 0.29) is 0 Å². The summed E-state index contributed by atoms with van der Waals surface area (Å²) in [5.41, 5.74) is 2.92. The van der Waals surface area contributed by atoms with Crippen LogP contribution in [-0.2, 0) is 6.54 Å². The molecule has 1 atom stereocenters. The predicted molar refractivity (Wildman–Crippen MR) is 71.3 cm³/mol. The Kier molecular flexibility index (Phi) is 3.76. The topological polar surface area (TPSA) is 45.2 Å². The van der Waals surface area contributed by atoms with Gasteiger partial charge in [0.05, 0.1) is 23.4 Å². The third kappa shape index (κ3) is 3.05. The van der Waals surface area contributed by atoms with E-state index in [0.29, 0.717) is 6.54 Å². The van der Waals surface area contributed by atoms with Gasteiger partial charge >= 0.3 is 0 Å². The first-order valence-electron chi connectivity index (χ1n) is 5.58. The summed E-state index contributed by atoms with van der Waals surface area (Å²) in [6.07, 6.45) is -0.462. The first kappa shape index (κ1) is 12.1. The number of hydrogen-bond acceptors (Lipinski definition) is 4. The van der Waals surface area contributed by atoms with Crippen LogP contribution in [-0.4, -0.2) is 10.1 Å². The smallest absolute Gasteiger partial charge is 0.0898 e. The molecule has 2 N–H and O–H groups in total. The number of hydrogen-bond donors (Lipinski definition) is 2. The Morgan fingerprint density at radius 1 is 1.41 bits per heavy atom. The SMILES string of the molecule is Cc1nc(CNc2ccccc2C(C)O)cs1. The van der Waals surface area contributed by atoms with Crippen molar-refractivity contribution in [3.05, 3.63) is 45.9 Å². The zero-order chi connectivity index (χ0) is 12.3. The van der Waals surface area contributed by atoms with Crippen LogP contribution in [0, 0.1) is 6.92 Å². The molecule has 3 nitrogen and oxygen atoms in total. The summed E-state index contributed by atoms with van der Waals surface area (Å²) in [4.78, 5) is 4.39. The molecule has 90 valence electrons. The van der Waals surface area contributed by atoms with E-state index < -0.39 is 6.10 Å². The van der Waals surface area contributed by atoms with Crippen LogP contribution in [0.4, 0.5) is 5.69 Å². The van der Waals surface area contributed by atoms with Crippen LogP contribution >= 0.6 is 11.3 Å². The molecule has 1 aromatic heterocycles. The van der Waals surface area contributed by atoms with Gasteiger partial charge in [0.25, 0.3) is 0 Å². The Morgan fingerprint density at radius 2 is 2.18 bits per heavy atom. The van der Waals surface area contributed by atoms with Crippen LogP contribution < -0.4 is 5.32 Å². The molecule has 0 fully saturated rings. The van der Waals surface area contributed by atoms with Crippen LogP contribution in [0.25, 0.3) is 0 Å². The second-order valence-corrected chi connectivity index (χ2v) is 5.04. The summed E-state index contributed by atoms with van der Waals surface area (Å²) >= 11 is 1.65. The number of nitrogens with zero attached hydrogens (tertiary/aromatic N) is 1. The highest BCUT2D eigenvalue weighted by molar-refractivity contribution is 7.09. The van der Waals surface area contributed by atoms with Crippen molar-refractivity contribution in [3.63, 3.8) is 0 Å². The van der Waals surface area contributed by atoms with Gasteiger partial charge in [0.15, 0.2) is 0 Å². The Morgan fingerprint density at radius 3 is 2.82 bits per heavy atom. The second kappa shape index (κ2) is 5.29. The summed E-state index contributed by atoms with van der Waals surface area (Å²) < 4.78 is 0. The highest BCUT2D eigenvalue weighted by atomic mass is 32.1. The average molecular weight is 248 g/mol. The third-order valence-electron chi connectivity index (χ3n) is 2.54.